The standard InChI is InChI=1S/C11H9BF2O/c12-9-5-1-4-8-7(9)3-2-6-10(8)15-11(13)14/h1,4-6,11H,2-3H2. The first-order chi connectivity index (χ1) is 7.18. The molecule has 15 heavy (non-hydrogen) atoms. The van der Waals surface area contributed by atoms with Crippen LogP contribution in [0.4, 0.5) is 8.78 Å². The first kappa shape index (κ1) is 10.2. The molecule has 0 atom stereocenters. The van der Waals surface area contributed by atoms with Crippen LogP contribution in [-0.2, 0) is 11.2 Å². The van der Waals surface area contributed by atoms with Crippen molar-refractivity contribution in [3.8, 4) is 0 Å². The van der Waals surface area contributed by atoms with E-state index in [1.54, 1.807) is 24.3 Å². The van der Waals surface area contributed by atoms with Gasteiger partial charge in [-0.1, -0.05) is 23.7 Å². The average molecular weight is 206 g/mol. The lowest BCUT2D eigenvalue weighted by Crippen LogP contribution is -2.16. The summed E-state index contributed by atoms with van der Waals surface area (Å²) < 4.78 is 28.7. The van der Waals surface area contributed by atoms with E-state index >= 15 is 0 Å². The van der Waals surface area contributed by atoms with Crippen LogP contribution in [0.5, 0.6) is 0 Å². The highest BCUT2D eigenvalue weighted by atomic mass is 19.3. The molecule has 2 rings (SSSR count). The molecule has 0 fully saturated rings. The van der Waals surface area contributed by atoms with E-state index < -0.39 is 6.61 Å². The molecule has 1 aromatic carbocycles. The molecule has 0 saturated carbocycles. The monoisotopic (exact) mass is 206 g/mol. The van der Waals surface area contributed by atoms with E-state index in [2.05, 4.69) is 4.74 Å². The predicted octanol–water partition coefficient (Wildman–Crippen LogP) is 2.01. The number of rotatable bonds is 2. The van der Waals surface area contributed by atoms with Crippen molar-refractivity contribution in [3.05, 3.63) is 35.4 Å². The van der Waals surface area contributed by atoms with Gasteiger partial charge in [-0.25, -0.2) is 0 Å². The van der Waals surface area contributed by atoms with Crippen molar-refractivity contribution in [2.45, 2.75) is 19.5 Å². The van der Waals surface area contributed by atoms with Crippen LogP contribution in [0.3, 0.4) is 0 Å². The summed E-state index contributed by atoms with van der Waals surface area (Å²) in [7, 11) is 5.76. The van der Waals surface area contributed by atoms with E-state index in [4.69, 9.17) is 7.85 Å². The van der Waals surface area contributed by atoms with Crippen molar-refractivity contribution in [2.24, 2.45) is 0 Å². The van der Waals surface area contributed by atoms with Gasteiger partial charge in [0, 0.05) is 5.56 Å². The molecule has 0 spiro atoms. The van der Waals surface area contributed by atoms with Crippen molar-refractivity contribution in [1.82, 2.24) is 0 Å². The fraction of sp³-hybridized carbons (Fsp3) is 0.273. The second kappa shape index (κ2) is 4.05. The molecule has 1 aromatic rings. The Hall–Kier alpha value is -1.32. The third-order valence-electron chi connectivity index (χ3n) is 2.42. The number of halogens is 2. The van der Waals surface area contributed by atoms with E-state index in [0.29, 0.717) is 17.4 Å². The lowest BCUT2D eigenvalue weighted by molar-refractivity contribution is -0.0714. The van der Waals surface area contributed by atoms with Gasteiger partial charge in [0.1, 0.15) is 13.6 Å². The number of hydrogen-bond donors (Lipinski definition) is 0. The third kappa shape index (κ3) is 2.03. The normalized spacial score (nSPS) is 14.7. The SMILES string of the molecule is [B]c1cccc2c1CCC=C2OC(F)F. The summed E-state index contributed by atoms with van der Waals surface area (Å²) in [5.74, 6) is 0.235. The summed E-state index contributed by atoms with van der Waals surface area (Å²) in [6.45, 7) is -2.79. The Balaban J connectivity index is 2.38. The number of allylic oxidation sites excluding steroid dienone is 1. The van der Waals surface area contributed by atoms with Gasteiger partial charge >= 0.3 is 6.61 Å². The second-order valence-electron chi connectivity index (χ2n) is 3.36. The van der Waals surface area contributed by atoms with E-state index in [9.17, 15) is 8.78 Å². The summed E-state index contributed by atoms with van der Waals surface area (Å²) >= 11 is 0. The van der Waals surface area contributed by atoms with Gasteiger partial charge in [0.15, 0.2) is 0 Å². The summed E-state index contributed by atoms with van der Waals surface area (Å²) in [4.78, 5) is 0. The number of ether oxygens (including phenoxy) is 1. The Morgan fingerprint density at radius 2 is 2.13 bits per heavy atom. The quantitative estimate of drug-likeness (QED) is 0.672. The molecule has 0 saturated heterocycles. The van der Waals surface area contributed by atoms with Crippen LogP contribution in [0.2, 0.25) is 0 Å². The fourth-order valence-electron chi connectivity index (χ4n) is 1.78. The van der Waals surface area contributed by atoms with Gasteiger partial charge < -0.3 is 4.74 Å². The van der Waals surface area contributed by atoms with Crippen molar-refractivity contribution in [2.75, 3.05) is 0 Å². The van der Waals surface area contributed by atoms with Crippen molar-refractivity contribution in [1.29, 1.82) is 0 Å². The minimum absolute atomic E-state index is 0.235. The van der Waals surface area contributed by atoms with Gasteiger partial charge in [0.05, 0.1) is 0 Å². The van der Waals surface area contributed by atoms with Crippen LogP contribution in [0.15, 0.2) is 24.3 Å². The van der Waals surface area contributed by atoms with Crippen molar-refractivity contribution in [3.63, 3.8) is 0 Å². The lowest BCUT2D eigenvalue weighted by atomic mass is 9.83. The zero-order chi connectivity index (χ0) is 10.8. The zero-order valence-electron chi connectivity index (χ0n) is 8.04. The fourth-order valence-corrected chi connectivity index (χ4v) is 1.78. The highest BCUT2D eigenvalue weighted by Gasteiger charge is 2.17. The molecule has 1 nitrogen and oxygen atoms in total. The van der Waals surface area contributed by atoms with Gasteiger partial charge in [-0.05, 0) is 24.5 Å². The van der Waals surface area contributed by atoms with Crippen LogP contribution >= 0.6 is 0 Å². The maximum atomic E-state index is 12.1. The highest BCUT2D eigenvalue weighted by Crippen LogP contribution is 2.27. The lowest BCUT2D eigenvalue weighted by Gasteiger charge is -2.19. The van der Waals surface area contributed by atoms with Gasteiger partial charge in [-0.2, -0.15) is 8.78 Å². The first-order valence-corrected chi connectivity index (χ1v) is 4.71. The zero-order valence-corrected chi connectivity index (χ0v) is 8.04. The van der Waals surface area contributed by atoms with Crippen molar-refractivity contribution >= 4 is 19.1 Å². The highest BCUT2D eigenvalue weighted by molar-refractivity contribution is 6.33. The van der Waals surface area contributed by atoms with Crippen LogP contribution in [0.25, 0.3) is 5.76 Å². The molecule has 0 amide bonds. The summed E-state index contributed by atoms with van der Waals surface area (Å²) in [5.41, 5.74) is 2.22. The molecule has 0 heterocycles. The molecule has 1 aliphatic rings. The Kier molecular flexibility index (Phi) is 2.76. The Morgan fingerprint density at radius 3 is 2.87 bits per heavy atom. The molecule has 0 aromatic heterocycles. The van der Waals surface area contributed by atoms with E-state index in [-0.39, 0.29) is 5.76 Å². The molecule has 4 heteroatoms. The number of hydrogen-bond acceptors (Lipinski definition) is 1. The molecule has 0 N–H and O–H groups in total. The third-order valence-corrected chi connectivity index (χ3v) is 2.42. The number of benzene rings is 1. The maximum absolute atomic E-state index is 12.1. The van der Waals surface area contributed by atoms with Gasteiger partial charge in [0.25, 0.3) is 0 Å². The summed E-state index contributed by atoms with van der Waals surface area (Å²) in [6.07, 6.45) is 3.13. The molecular weight excluding hydrogens is 197 g/mol. The molecule has 0 aliphatic heterocycles. The summed E-state index contributed by atoms with van der Waals surface area (Å²) in [5, 5.41) is 0. The molecule has 2 radical (unpaired) electrons. The predicted molar refractivity (Wildman–Crippen MR) is 55.2 cm³/mol. The van der Waals surface area contributed by atoms with E-state index in [1.165, 1.54) is 0 Å². The first-order valence-electron chi connectivity index (χ1n) is 4.71. The number of alkyl halides is 2. The average Bonchev–Trinajstić information content (AvgIpc) is 2.19. The van der Waals surface area contributed by atoms with Crippen LogP contribution in [0, 0.1) is 0 Å². The van der Waals surface area contributed by atoms with Crippen LogP contribution in [0.1, 0.15) is 17.5 Å². The van der Waals surface area contributed by atoms with Gasteiger partial charge in [-0.15, -0.1) is 0 Å². The minimum Gasteiger partial charge on any atom is -0.435 e. The molecule has 0 bridgehead atoms. The molecule has 76 valence electrons. The smallest absolute Gasteiger partial charge is 0.387 e. The summed E-state index contributed by atoms with van der Waals surface area (Å²) in [6, 6.07) is 5.26. The largest absolute Gasteiger partial charge is 0.435 e. The molecular formula is C11H9BF2O. The van der Waals surface area contributed by atoms with E-state index in [0.717, 1.165) is 12.0 Å². The Labute approximate surface area is 88.2 Å². The van der Waals surface area contributed by atoms with E-state index in [1.807, 2.05) is 0 Å². The van der Waals surface area contributed by atoms with Crippen molar-refractivity contribution < 1.29 is 13.5 Å². The molecule has 0 unspecified atom stereocenters. The van der Waals surface area contributed by atoms with Gasteiger partial charge in [-0.3, -0.25) is 0 Å². The number of fused-ring (bicyclic) bond motifs is 1. The Bertz CT molecular complexity index is 402. The van der Waals surface area contributed by atoms with Crippen LogP contribution < -0.4 is 5.46 Å². The maximum Gasteiger partial charge on any atom is 0.387 e. The topological polar surface area (TPSA) is 9.23 Å². The Morgan fingerprint density at radius 1 is 1.33 bits per heavy atom. The second-order valence-corrected chi connectivity index (χ2v) is 3.36. The van der Waals surface area contributed by atoms with Crippen LogP contribution in [-0.4, -0.2) is 14.5 Å². The minimum atomic E-state index is -2.79. The molecule has 1 aliphatic carbocycles. The van der Waals surface area contributed by atoms with Gasteiger partial charge in [0.2, 0.25) is 0 Å².